The summed E-state index contributed by atoms with van der Waals surface area (Å²) in [4.78, 5) is 0. The van der Waals surface area contributed by atoms with Crippen LogP contribution in [0.15, 0.2) is 20.6 Å². The molecule has 0 bridgehead atoms. The van der Waals surface area contributed by atoms with Gasteiger partial charge in [-0.25, -0.2) is 0 Å². The third kappa shape index (κ3) is 2.72. The Morgan fingerprint density at radius 3 is 2.47 bits per heavy atom. The molecule has 2 heteroatoms. The third-order valence-electron chi connectivity index (χ3n) is 4.80. The van der Waals surface area contributed by atoms with Gasteiger partial charge >= 0.3 is 120 Å². The van der Waals surface area contributed by atoms with Gasteiger partial charge in [-0.15, -0.1) is 0 Å². The van der Waals surface area contributed by atoms with E-state index in [1.165, 1.54) is 37.8 Å². The van der Waals surface area contributed by atoms with Crippen LogP contribution in [-0.4, -0.2) is 8.07 Å². The number of hydrogen-bond donors (Lipinski definition) is 0. The number of rotatable bonds is 3. The van der Waals surface area contributed by atoms with Crippen LogP contribution in [0.5, 0.6) is 0 Å². The van der Waals surface area contributed by atoms with E-state index in [-0.39, 0.29) is 0 Å². The standard InChI is InChI=1S/C15H25Si.Ti/c1-5-16(3,4)11-14-10-13-8-6-7-9-15(13)12(14)2;/h12H,5-9,11H2,1-4H3;. The first kappa shape index (κ1) is 13.8. The fraction of sp³-hybridized carbons (Fsp3) is 0.733. The fourth-order valence-corrected chi connectivity index (χ4v) is 6.16. The zero-order valence-corrected chi connectivity index (χ0v) is 14.4. The van der Waals surface area contributed by atoms with Crippen LogP contribution in [0, 0.1) is 5.92 Å². The van der Waals surface area contributed by atoms with Gasteiger partial charge in [0.25, 0.3) is 0 Å². The second-order valence-corrected chi connectivity index (χ2v) is 12.7. The second kappa shape index (κ2) is 5.19. The van der Waals surface area contributed by atoms with Gasteiger partial charge in [0, 0.05) is 0 Å². The van der Waals surface area contributed by atoms with Gasteiger partial charge in [0.15, 0.2) is 0 Å². The number of hydrogen-bond acceptors (Lipinski definition) is 0. The van der Waals surface area contributed by atoms with Gasteiger partial charge < -0.3 is 0 Å². The first-order valence-electron chi connectivity index (χ1n) is 7.13. The minimum absolute atomic E-state index is 0.781. The van der Waals surface area contributed by atoms with Crippen molar-refractivity contribution in [1.29, 1.82) is 0 Å². The first-order valence-corrected chi connectivity index (χ1v) is 11.3. The summed E-state index contributed by atoms with van der Waals surface area (Å²) >= 11 is 2.40. The summed E-state index contributed by atoms with van der Waals surface area (Å²) in [6.45, 7) is 9.95. The molecule has 0 spiro atoms. The summed E-state index contributed by atoms with van der Waals surface area (Å²) in [6.07, 6.45) is 5.59. The van der Waals surface area contributed by atoms with Crippen molar-refractivity contribution in [3.63, 3.8) is 0 Å². The van der Waals surface area contributed by atoms with E-state index in [9.17, 15) is 0 Å². The van der Waals surface area contributed by atoms with Gasteiger partial charge in [0.1, 0.15) is 0 Å². The maximum absolute atomic E-state index is 2.55. The minimum atomic E-state index is -0.975. The summed E-state index contributed by atoms with van der Waals surface area (Å²) in [6, 6.07) is 2.85. The van der Waals surface area contributed by atoms with Crippen molar-refractivity contribution in [2.45, 2.75) is 64.7 Å². The van der Waals surface area contributed by atoms with E-state index in [1.54, 1.807) is 9.45 Å². The van der Waals surface area contributed by atoms with E-state index in [4.69, 9.17) is 0 Å². The van der Waals surface area contributed by atoms with Crippen molar-refractivity contribution in [3.05, 3.63) is 20.6 Å². The van der Waals surface area contributed by atoms with Crippen LogP contribution in [-0.2, 0) is 20.4 Å². The van der Waals surface area contributed by atoms with Gasteiger partial charge in [0.05, 0.1) is 0 Å². The SMILES string of the molecule is CC[Si](C)(C)CC1=[C]([Ti])C2=C(CCCC2)C1C. The maximum atomic E-state index is 2.55. The molecular weight excluding hydrogens is 256 g/mol. The van der Waals surface area contributed by atoms with E-state index in [1.807, 2.05) is 11.1 Å². The van der Waals surface area contributed by atoms with Crippen LogP contribution < -0.4 is 0 Å². The van der Waals surface area contributed by atoms with Gasteiger partial charge in [0.2, 0.25) is 0 Å². The normalized spacial score (nSPS) is 25.5. The molecule has 0 aromatic rings. The summed E-state index contributed by atoms with van der Waals surface area (Å²) in [5.41, 5.74) is 5.39. The Morgan fingerprint density at radius 1 is 1.24 bits per heavy atom. The first-order chi connectivity index (χ1) is 7.96. The van der Waals surface area contributed by atoms with Crippen molar-refractivity contribution in [2.24, 2.45) is 5.92 Å². The van der Waals surface area contributed by atoms with E-state index in [0.29, 0.717) is 0 Å². The Balaban J connectivity index is 2.23. The molecule has 0 aromatic carbocycles. The molecule has 0 radical (unpaired) electrons. The Kier molecular flexibility index (Phi) is 4.22. The molecule has 0 saturated carbocycles. The molecule has 93 valence electrons. The van der Waals surface area contributed by atoms with Crippen molar-refractivity contribution in [1.82, 2.24) is 0 Å². The van der Waals surface area contributed by atoms with Crippen LogP contribution in [0.4, 0.5) is 0 Å². The van der Waals surface area contributed by atoms with Gasteiger partial charge in [-0.2, -0.15) is 0 Å². The average molecular weight is 281 g/mol. The van der Waals surface area contributed by atoms with E-state index < -0.39 is 8.07 Å². The molecule has 0 aliphatic heterocycles. The molecule has 1 atom stereocenters. The van der Waals surface area contributed by atoms with Crippen LogP contribution in [0.2, 0.25) is 25.2 Å². The summed E-state index contributed by atoms with van der Waals surface area (Å²) in [7, 11) is -0.975. The van der Waals surface area contributed by atoms with Crippen LogP contribution >= 0.6 is 0 Å². The Morgan fingerprint density at radius 2 is 1.88 bits per heavy atom. The Bertz CT molecular complexity index is 376. The summed E-state index contributed by atoms with van der Waals surface area (Å²) in [5, 5.41) is 0. The summed E-state index contributed by atoms with van der Waals surface area (Å²) < 4.78 is 1.70. The molecule has 2 rings (SSSR count). The van der Waals surface area contributed by atoms with Gasteiger partial charge in [-0.05, 0) is 0 Å². The Hall–Kier alpha value is 0.411. The summed E-state index contributed by atoms with van der Waals surface area (Å²) in [5.74, 6) is 0.781. The van der Waals surface area contributed by atoms with Gasteiger partial charge in [-0.1, -0.05) is 0 Å². The zero-order valence-electron chi connectivity index (χ0n) is 11.8. The predicted molar refractivity (Wildman–Crippen MR) is 74.5 cm³/mol. The van der Waals surface area contributed by atoms with E-state index in [2.05, 4.69) is 47.4 Å². The molecule has 2 aliphatic rings. The van der Waals surface area contributed by atoms with Crippen molar-refractivity contribution < 1.29 is 20.4 Å². The molecule has 17 heavy (non-hydrogen) atoms. The molecule has 1 unspecified atom stereocenters. The molecule has 0 saturated heterocycles. The molecule has 0 amide bonds. The molecule has 0 fully saturated rings. The topological polar surface area (TPSA) is 0 Å². The number of allylic oxidation sites excluding steroid dienone is 4. The average Bonchev–Trinajstić information content (AvgIpc) is 2.55. The predicted octanol–water partition coefficient (Wildman–Crippen LogP) is 5.04. The zero-order chi connectivity index (χ0) is 12.6. The quantitative estimate of drug-likeness (QED) is 0.636. The van der Waals surface area contributed by atoms with E-state index >= 15 is 0 Å². The van der Waals surface area contributed by atoms with E-state index in [0.717, 1.165) is 5.92 Å². The third-order valence-corrected chi connectivity index (χ3v) is 9.03. The monoisotopic (exact) mass is 281 g/mol. The second-order valence-electron chi connectivity index (χ2n) is 6.53. The molecule has 0 nitrogen and oxygen atoms in total. The van der Waals surface area contributed by atoms with Crippen molar-refractivity contribution in [3.8, 4) is 0 Å². The molecule has 0 aromatic heterocycles. The van der Waals surface area contributed by atoms with Crippen LogP contribution in [0.3, 0.4) is 0 Å². The molecule has 0 N–H and O–H groups in total. The van der Waals surface area contributed by atoms with Crippen LogP contribution in [0.25, 0.3) is 0 Å². The van der Waals surface area contributed by atoms with Crippen molar-refractivity contribution in [2.75, 3.05) is 0 Å². The molecule has 0 heterocycles. The molecular formula is C15H25SiTi. The van der Waals surface area contributed by atoms with Crippen LogP contribution in [0.1, 0.15) is 39.5 Å². The van der Waals surface area contributed by atoms with Gasteiger partial charge in [-0.3, -0.25) is 0 Å². The molecule has 2 aliphatic carbocycles. The Labute approximate surface area is 119 Å². The van der Waals surface area contributed by atoms with Crippen molar-refractivity contribution >= 4 is 8.07 Å². The fourth-order valence-electron chi connectivity index (χ4n) is 3.19.